The fourth-order valence-corrected chi connectivity index (χ4v) is 3.60. The average molecular weight is 295 g/mol. The van der Waals surface area contributed by atoms with Crippen LogP contribution in [0.25, 0.3) is 0 Å². The third-order valence-corrected chi connectivity index (χ3v) is 4.83. The van der Waals surface area contributed by atoms with Crippen molar-refractivity contribution >= 4 is 11.3 Å². The molecule has 0 spiro atoms. The van der Waals surface area contributed by atoms with Crippen molar-refractivity contribution in [3.63, 3.8) is 0 Å². The van der Waals surface area contributed by atoms with Crippen LogP contribution < -0.4 is 5.32 Å². The summed E-state index contributed by atoms with van der Waals surface area (Å²) in [5, 5.41) is 3.52. The van der Waals surface area contributed by atoms with Crippen molar-refractivity contribution in [1.29, 1.82) is 0 Å². The molecule has 1 aliphatic heterocycles. The van der Waals surface area contributed by atoms with Crippen LogP contribution in [0.3, 0.4) is 0 Å². The van der Waals surface area contributed by atoms with Gasteiger partial charge in [-0.3, -0.25) is 4.90 Å². The summed E-state index contributed by atoms with van der Waals surface area (Å²) in [5.41, 5.74) is 0. The van der Waals surface area contributed by atoms with Crippen LogP contribution in [0.15, 0.2) is 12.1 Å². The lowest BCUT2D eigenvalue weighted by Gasteiger charge is -2.18. The molecule has 1 aromatic rings. The van der Waals surface area contributed by atoms with Crippen LogP contribution in [-0.4, -0.2) is 49.6 Å². The van der Waals surface area contributed by atoms with Crippen LogP contribution in [0, 0.1) is 5.92 Å². The monoisotopic (exact) mass is 295 g/mol. The molecular weight excluding hydrogens is 266 g/mol. The van der Waals surface area contributed by atoms with Gasteiger partial charge in [-0.25, -0.2) is 0 Å². The molecule has 3 nitrogen and oxygen atoms in total. The second-order valence-corrected chi connectivity index (χ2v) is 7.58. The van der Waals surface area contributed by atoms with Gasteiger partial charge in [-0.15, -0.1) is 11.3 Å². The minimum atomic E-state index is 0.725. The van der Waals surface area contributed by atoms with Gasteiger partial charge in [0, 0.05) is 35.9 Å². The number of hydrogen-bond donors (Lipinski definition) is 1. The number of rotatable bonds is 6. The van der Waals surface area contributed by atoms with Crippen molar-refractivity contribution in [2.24, 2.45) is 5.92 Å². The summed E-state index contributed by atoms with van der Waals surface area (Å²) in [6.45, 7) is 12.6. The van der Waals surface area contributed by atoms with Crippen LogP contribution in [0.4, 0.5) is 0 Å². The van der Waals surface area contributed by atoms with E-state index in [0.717, 1.165) is 25.6 Å². The topological polar surface area (TPSA) is 18.5 Å². The van der Waals surface area contributed by atoms with Gasteiger partial charge in [-0.2, -0.15) is 0 Å². The number of thiophene rings is 1. The van der Waals surface area contributed by atoms with Gasteiger partial charge in [0.15, 0.2) is 0 Å². The lowest BCUT2D eigenvalue weighted by Crippen LogP contribution is -2.28. The molecule has 1 aromatic heterocycles. The Morgan fingerprint density at radius 2 is 1.95 bits per heavy atom. The number of nitrogens with one attached hydrogen (secondary N) is 1. The zero-order valence-electron chi connectivity index (χ0n) is 13.2. The summed E-state index contributed by atoms with van der Waals surface area (Å²) >= 11 is 1.97. The van der Waals surface area contributed by atoms with Crippen LogP contribution in [0.2, 0.25) is 0 Å². The average Bonchev–Trinajstić information content (AvgIpc) is 2.72. The Kier molecular flexibility index (Phi) is 6.49. The number of likely N-dealkylation sites (N-methyl/N-ethyl adjacent to an activating group) is 1. The minimum absolute atomic E-state index is 0.725. The highest BCUT2D eigenvalue weighted by atomic mass is 32.1. The Balaban J connectivity index is 1.77. The Morgan fingerprint density at radius 3 is 2.75 bits per heavy atom. The Hall–Kier alpha value is -0.420. The standard InChI is InChI=1S/C16H29N3S/c1-14(2)11-17-12-15-5-6-16(20-15)13-19-8-4-7-18(3)9-10-19/h5-6,14,17H,4,7-13H2,1-3H3. The van der Waals surface area contributed by atoms with Crippen LogP contribution >= 0.6 is 11.3 Å². The minimum Gasteiger partial charge on any atom is -0.312 e. The van der Waals surface area contributed by atoms with E-state index in [0.29, 0.717) is 0 Å². The summed E-state index contributed by atoms with van der Waals surface area (Å²) in [6, 6.07) is 4.60. The Labute approximate surface area is 128 Å². The first-order chi connectivity index (χ1) is 9.63. The molecule has 0 atom stereocenters. The summed E-state index contributed by atoms with van der Waals surface area (Å²) < 4.78 is 0. The number of nitrogens with zero attached hydrogens (tertiary/aromatic N) is 2. The van der Waals surface area contributed by atoms with E-state index in [-0.39, 0.29) is 0 Å². The maximum atomic E-state index is 3.52. The van der Waals surface area contributed by atoms with Gasteiger partial charge in [0.05, 0.1) is 0 Å². The van der Waals surface area contributed by atoms with E-state index in [2.05, 4.69) is 48.1 Å². The molecule has 0 amide bonds. The zero-order valence-corrected chi connectivity index (χ0v) is 14.0. The van der Waals surface area contributed by atoms with Gasteiger partial charge in [0.1, 0.15) is 0 Å². The third kappa shape index (κ3) is 5.52. The van der Waals surface area contributed by atoms with Crippen molar-refractivity contribution in [3.8, 4) is 0 Å². The van der Waals surface area contributed by atoms with Crippen molar-refractivity contribution in [3.05, 3.63) is 21.9 Å². The van der Waals surface area contributed by atoms with Gasteiger partial charge in [0.25, 0.3) is 0 Å². The van der Waals surface area contributed by atoms with E-state index in [9.17, 15) is 0 Å². The molecule has 0 saturated carbocycles. The zero-order chi connectivity index (χ0) is 14.4. The van der Waals surface area contributed by atoms with Gasteiger partial charge in [0.2, 0.25) is 0 Å². The maximum absolute atomic E-state index is 3.52. The molecule has 0 unspecified atom stereocenters. The van der Waals surface area contributed by atoms with Crippen molar-refractivity contribution < 1.29 is 0 Å². The van der Waals surface area contributed by atoms with Gasteiger partial charge >= 0.3 is 0 Å². The second kappa shape index (κ2) is 8.13. The molecule has 20 heavy (non-hydrogen) atoms. The van der Waals surface area contributed by atoms with Crippen LogP contribution in [-0.2, 0) is 13.1 Å². The first-order valence-electron chi connectivity index (χ1n) is 7.82. The molecule has 4 heteroatoms. The quantitative estimate of drug-likeness (QED) is 0.870. The van der Waals surface area contributed by atoms with Crippen molar-refractivity contribution in [2.45, 2.75) is 33.4 Å². The van der Waals surface area contributed by atoms with E-state index >= 15 is 0 Å². The molecule has 1 fully saturated rings. The summed E-state index contributed by atoms with van der Waals surface area (Å²) in [5.74, 6) is 0.725. The molecule has 0 aromatic carbocycles. The molecule has 1 saturated heterocycles. The van der Waals surface area contributed by atoms with Gasteiger partial charge in [-0.1, -0.05) is 13.8 Å². The van der Waals surface area contributed by atoms with E-state index in [1.165, 1.54) is 42.4 Å². The molecule has 1 aliphatic rings. The highest BCUT2D eigenvalue weighted by molar-refractivity contribution is 7.11. The summed E-state index contributed by atoms with van der Waals surface area (Å²) in [6.07, 6.45) is 1.30. The van der Waals surface area contributed by atoms with Crippen molar-refractivity contribution in [1.82, 2.24) is 15.1 Å². The second-order valence-electron chi connectivity index (χ2n) is 6.33. The van der Waals surface area contributed by atoms with Gasteiger partial charge in [-0.05, 0) is 51.2 Å². The molecular formula is C16H29N3S. The molecule has 1 N–H and O–H groups in total. The lowest BCUT2D eigenvalue weighted by atomic mass is 10.2. The molecule has 0 aliphatic carbocycles. The number of hydrogen-bond acceptors (Lipinski definition) is 4. The van der Waals surface area contributed by atoms with Gasteiger partial charge < -0.3 is 10.2 Å². The largest absolute Gasteiger partial charge is 0.312 e. The Morgan fingerprint density at radius 1 is 1.15 bits per heavy atom. The smallest absolute Gasteiger partial charge is 0.0328 e. The highest BCUT2D eigenvalue weighted by Gasteiger charge is 2.13. The first-order valence-corrected chi connectivity index (χ1v) is 8.64. The van der Waals surface area contributed by atoms with E-state index in [4.69, 9.17) is 0 Å². The third-order valence-electron chi connectivity index (χ3n) is 3.76. The van der Waals surface area contributed by atoms with E-state index < -0.39 is 0 Å². The first kappa shape index (κ1) is 16.0. The predicted molar refractivity (Wildman–Crippen MR) is 88.3 cm³/mol. The highest BCUT2D eigenvalue weighted by Crippen LogP contribution is 2.19. The summed E-state index contributed by atoms with van der Waals surface area (Å²) in [4.78, 5) is 8.01. The van der Waals surface area contributed by atoms with Crippen LogP contribution in [0.1, 0.15) is 30.0 Å². The summed E-state index contributed by atoms with van der Waals surface area (Å²) in [7, 11) is 2.23. The molecule has 0 bridgehead atoms. The molecule has 0 radical (unpaired) electrons. The molecule has 2 rings (SSSR count). The SMILES string of the molecule is CC(C)CNCc1ccc(CN2CCCN(C)CC2)s1. The predicted octanol–water partition coefficient (Wildman–Crippen LogP) is 2.63. The molecule has 114 valence electrons. The normalized spacial score (nSPS) is 18.6. The van der Waals surface area contributed by atoms with E-state index in [1.807, 2.05) is 11.3 Å². The molecule has 2 heterocycles. The maximum Gasteiger partial charge on any atom is 0.0328 e. The fourth-order valence-electron chi connectivity index (χ4n) is 2.56. The Bertz CT molecular complexity index is 389. The fraction of sp³-hybridized carbons (Fsp3) is 0.750. The lowest BCUT2D eigenvalue weighted by molar-refractivity contribution is 0.271. The van der Waals surface area contributed by atoms with E-state index in [1.54, 1.807) is 0 Å². The van der Waals surface area contributed by atoms with Crippen LogP contribution in [0.5, 0.6) is 0 Å². The van der Waals surface area contributed by atoms with Crippen molar-refractivity contribution in [2.75, 3.05) is 39.8 Å².